The monoisotopic (exact) mass is 326 g/mol. The van der Waals surface area contributed by atoms with Crippen molar-refractivity contribution in [1.29, 1.82) is 0 Å². The molecule has 2 aromatic carbocycles. The van der Waals surface area contributed by atoms with Crippen LogP contribution in [0.1, 0.15) is 15.9 Å². The lowest BCUT2D eigenvalue weighted by Crippen LogP contribution is -2.22. The van der Waals surface area contributed by atoms with Gasteiger partial charge < -0.3 is 19.2 Å². The van der Waals surface area contributed by atoms with Crippen LogP contribution in [0.3, 0.4) is 0 Å². The smallest absolute Gasteiger partial charge is 0.419 e. The van der Waals surface area contributed by atoms with E-state index in [1.54, 1.807) is 31.3 Å². The quantitative estimate of drug-likeness (QED) is 0.793. The summed E-state index contributed by atoms with van der Waals surface area (Å²) in [6.45, 7) is 0.506. The number of aromatic nitrogens is 1. The molecule has 1 aliphatic rings. The molecule has 122 valence electrons. The number of nitrogens with zero attached hydrogens (tertiary/aromatic N) is 1. The average Bonchev–Trinajstić information content (AvgIpc) is 3.17. The van der Waals surface area contributed by atoms with E-state index < -0.39 is 5.76 Å². The molecule has 0 spiro atoms. The summed E-state index contributed by atoms with van der Waals surface area (Å²) < 4.78 is 17.0. The lowest BCUT2D eigenvalue weighted by Gasteiger charge is -2.06. The number of carbonyl (C=O) groups is 1. The molecule has 1 amide bonds. The first-order chi connectivity index (χ1) is 11.6. The molecule has 4 rings (SSSR count). The van der Waals surface area contributed by atoms with Gasteiger partial charge in [-0.05, 0) is 35.9 Å². The molecule has 1 N–H and O–H groups in total. The van der Waals surface area contributed by atoms with Crippen molar-refractivity contribution >= 4 is 17.0 Å². The van der Waals surface area contributed by atoms with Gasteiger partial charge in [-0.1, -0.05) is 6.07 Å². The molecular weight excluding hydrogens is 312 g/mol. The van der Waals surface area contributed by atoms with Gasteiger partial charge >= 0.3 is 5.76 Å². The van der Waals surface area contributed by atoms with Gasteiger partial charge in [0.15, 0.2) is 17.1 Å². The Kier molecular flexibility index (Phi) is 3.26. The maximum atomic E-state index is 12.3. The van der Waals surface area contributed by atoms with Crippen molar-refractivity contribution in [2.75, 3.05) is 6.79 Å². The average molecular weight is 326 g/mol. The second-order valence-electron chi connectivity index (χ2n) is 5.48. The number of hydrogen-bond donors (Lipinski definition) is 1. The van der Waals surface area contributed by atoms with Crippen LogP contribution in [-0.2, 0) is 13.6 Å². The van der Waals surface area contributed by atoms with Crippen molar-refractivity contribution in [3.63, 3.8) is 0 Å². The normalized spacial score (nSPS) is 12.5. The van der Waals surface area contributed by atoms with Crippen molar-refractivity contribution in [1.82, 2.24) is 9.88 Å². The molecule has 0 unspecified atom stereocenters. The lowest BCUT2D eigenvalue weighted by molar-refractivity contribution is 0.0950. The summed E-state index contributed by atoms with van der Waals surface area (Å²) in [4.78, 5) is 23.8. The molecule has 0 bridgehead atoms. The Morgan fingerprint density at radius 2 is 2.00 bits per heavy atom. The number of amides is 1. The predicted octanol–water partition coefficient (Wildman–Crippen LogP) is 1.79. The molecule has 0 radical (unpaired) electrons. The van der Waals surface area contributed by atoms with E-state index in [0.717, 1.165) is 5.56 Å². The molecule has 0 aliphatic carbocycles. The molecule has 0 saturated carbocycles. The Bertz CT molecular complexity index is 1000. The number of ether oxygens (including phenoxy) is 2. The molecule has 3 aromatic rings. The molecule has 7 nitrogen and oxygen atoms in total. The van der Waals surface area contributed by atoms with E-state index in [0.29, 0.717) is 34.7 Å². The van der Waals surface area contributed by atoms with Crippen molar-refractivity contribution in [3.8, 4) is 11.5 Å². The molecule has 24 heavy (non-hydrogen) atoms. The standard InChI is InChI=1S/C17H14N2O5/c1-19-12-6-10(2-4-13(12)24-17(19)21)8-18-16(20)11-3-5-14-15(7-11)23-9-22-14/h2-7H,8-9H2,1H3,(H,18,20). The largest absolute Gasteiger partial charge is 0.454 e. The molecule has 0 saturated heterocycles. The molecule has 7 heteroatoms. The van der Waals surface area contributed by atoms with Gasteiger partial charge in [-0.15, -0.1) is 0 Å². The van der Waals surface area contributed by atoms with Crippen molar-refractivity contribution < 1.29 is 18.7 Å². The van der Waals surface area contributed by atoms with E-state index in [9.17, 15) is 9.59 Å². The van der Waals surface area contributed by atoms with Crippen molar-refractivity contribution in [2.24, 2.45) is 7.05 Å². The number of nitrogens with one attached hydrogen (secondary N) is 1. The van der Waals surface area contributed by atoms with Crippen LogP contribution in [0, 0.1) is 0 Å². The SMILES string of the molecule is Cn1c(=O)oc2ccc(CNC(=O)c3ccc4c(c3)OCO4)cc21. The molecule has 2 heterocycles. The highest BCUT2D eigenvalue weighted by molar-refractivity contribution is 5.95. The second-order valence-corrected chi connectivity index (χ2v) is 5.48. The molecule has 0 fully saturated rings. The van der Waals surface area contributed by atoms with Gasteiger partial charge in [0, 0.05) is 19.2 Å². The third-order valence-electron chi connectivity index (χ3n) is 3.94. The summed E-state index contributed by atoms with van der Waals surface area (Å²) in [5.74, 6) is 0.580. The highest BCUT2D eigenvalue weighted by Gasteiger charge is 2.16. The van der Waals surface area contributed by atoms with Crippen molar-refractivity contribution in [2.45, 2.75) is 6.54 Å². The van der Waals surface area contributed by atoms with Crippen LogP contribution < -0.4 is 20.5 Å². The number of aryl methyl sites for hydroxylation is 1. The van der Waals surface area contributed by atoms with E-state index >= 15 is 0 Å². The first kappa shape index (κ1) is 14.4. The van der Waals surface area contributed by atoms with Crippen LogP contribution in [0.5, 0.6) is 11.5 Å². The van der Waals surface area contributed by atoms with Gasteiger partial charge in [-0.2, -0.15) is 0 Å². The minimum atomic E-state index is -0.411. The van der Waals surface area contributed by atoms with E-state index in [-0.39, 0.29) is 12.7 Å². The maximum absolute atomic E-state index is 12.3. The fraction of sp³-hybridized carbons (Fsp3) is 0.176. The first-order valence-electron chi connectivity index (χ1n) is 7.38. The number of oxazole rings is 1. The number of carbonyl (C=O) groups excluding carboxylic acids is 1. The summed E-state index contributed by atoms with van der Waals surface area (Å²) in [5.41, 5.74) is 2.58. The number of hydrogen-bond acceptors (Lipinski definition) is 5. The topological polar surface area (TPSA) is 82.7 Å². The van der Waals surface area contributed by atoms with Crippen LogP contribution in [0.4, 0.5) is 0 Å². The van der Waals surface area contributed by atoms with Crippen LogP contribution in [-0.4, -0.2) is 17.3 Å². The fourth-order valence-corrected chi connectivity index (χ4v) is 2.60. The van der Waals surface area contributed by atoms with E-state index in [4.69, 9.17) is 13.9 Å². The minimum Gasteiger partial charge on any atom is -0.454 e. The van der Waals surface area contributed by atoms with Crippen LogP contribution in [0.2, 0.25) is 0 Å². The van der Waals surface area contributed by atoms with Crippen molar-refractivity contribution in [3.05, 3.63) is 58.1 Å². The van der Waals surface area contributed by atoms with Crippen LogP contribution >= 0.6 is 0 Å². The molecule has 1 aliphatic heterocycles. The summed E-state index contributed by atoms with van der Waals surface area (Å²) in [6.07, 6.45) is 0. The van der Waals surface area contributed by atoms with E-state index in [2.05, 4.69) is 5.32 Å². The lowest BCUT2D eigenvalue weighted by atomic mass is 10.1. The Morgan fingerprint density at radius 1 is 1.17 bits per heavy atom. The van der Waals surface area contributed by atoms with Gasteiger partial charge in [0.1, 0.15) is 0 Å². The summed E-state index contributed by atoms with van der Waals surface area (Å²) in [6, 6.07) is 10.4. The Labute approximate surface area is 136 Å². The second kappa shape index (κ2) is 5.45. The molecular formula is C17H14N2O5. The van der Waals surface area contributed by atoms with Crippen LogP contribution in [0.25, 0.3) is 11.1 Å². The number of benzene rings is 2. The first-order valence-corrected chi connectivity index (χ1v) is 7.38. The highest BCUT2D eigenvalue weighted by atomic mass is 16.7. The maximum Gasteiger partial charge on any atom is 0.419 e. The third kappa shape index (κ3) is 2.40. The molecule has 1 aromatic heterocycles. The van der Waals surface area contributed by atoms with Gasteiger partial charge in [0.25, 0.3) is 5.91 Å². The van der Waals surface area contributed by atoms with Gasteiger partial charge in [-0.3, -0.25) is 9.36 Å². The minimum absolute atomic E-state index is 0.170. The summed E-state index contributed by atoms with van der Waals surface area (Å²) in [7, 11) is 1.64. The van der Waals surface area contributed by atoms with Gasteiger partial charge in [0.2, 0.25) is 6.79 Å². The third-order valence-corrected chi connectivity index (χ3v) is 3.94. The Balaban J connectivity index is 1.51. The molecule has 0 atom stereocenters. The zero-order chi connectivity index (χ0) is 16.7. The Morgan fingerprint density at radius 3 is 2.88 bits per heavy atom. The summed E-state index contributed by atoms with van der Waals surface area (Å²) >= 11 is 0. The number of rotatable bonds is 3. The number of fused-ring (bicyclic) bond motifs is 2. The highest BCUT2D eigenvalue weighted by Crippen LogP contribution is 2.32. The van der Waals surface area contributed by atoms with Crippen LogP contribution in [0.15, 0.2) is 45.6 Å². The van der Waals surface area contributed by atoms with Gasteiger partial charge in [0.05, 0.1) is 5.52 Å². The zero-order valence-corrected chi connectivity index (χ0v) is 12.9. The summed E-state index contributed by atoms with van der Waals surface area (Å²) in [5, 5.41) is 2.84. The van der Waals surface area contributed by atoms with Gasteiger partial charge in [-0.25, -0.2) is 4.79 Å². The zero-order valence-electron chi connectivity index (χ0n) is 12.9. The Hall–Kier alpha value is -3.22. The van der Waals surface area contributed by atoms with E-state index in [1.807, 2.05) is 12.1 Å². The van der Waals surface area contributed by atoms with E-state index in [1.165, 1.54) is 4.57 Å². The fourth-order valence-electron chi connectivity index (χ4n) is 2.60. The predicted molar refractivity (Wildman–Crippen MR) is 85.2 cm³/mol.